The summed E-state index contributed by atoms with van der Waals surface area (Å²) in [6.07, 6.45) is 0. The number of nitrogens with one attached hydrogen (secondary N) is 1. The molecule has 0 bridgehead atoms. The molecule has 0 aliphatic carbocycles. The highest BCUT2D eigenvalue weighted by Crippen LogP contribution is 2.29. The van der Waals surface area contributed by atoms with Crippen molar-refractivity contribution in [1.82, 2.24) is 4.98 Å². The molecule has 3 rings (SSSR count). The third kappa shape index (κ3) is 4.41. The van der Waals surface area contributed by atoms with Gasteiger partial charge in [0, 0.05) is 16.0 Å². The number of carbonyl (C=O) groups excluding carboxylic acids is 1. The first kappa shape index (κ1) is 17.5. The molecule has 1 aromatic heterocycles. The second-order valence-corrected chi connectivity index (χ2v) is 7.38. The van der Waals surface area contributed by atoms with Gasteiger partial charge >= 0.3 is 0 Å². The monoisotopic (exact) mass is 370 g/mol. The maximum atomic E-state index is 12.7. The summed E-state index contributed by atoms with van der Waals surface area (Å²) in [7, 11) is 1.59. The van der Waals surface area contributed by atoms with Gasteiger partial charge in [0.1, 0.15) is 5.75 Å². The molecule has 0 aliphatic heterocycles. The molecule has 0 saturated heterocycles. The lowest BCUT2D eigenvalue weighted by atomic mass is 10.2. The molecule has 6 heteroatoms. The molecule has 3 aromatic rings. The molecule has 2 aromatic carbocycles. The van der Waals surface area contributed by atoms with Gasteiger partial charge in [0.2, 0.25) is 0 Å². The smallest absolute Gasteiger partial charge is 0.256 e. The lowest BCUT2D eigenvalue weighted by Gasteiger charge is -2.12. The number of para-hydroxylation sites is 2. The van der Waals surface area contributed by atoms with Crippen molar-refractivity contribution < 1.29 is 9.53 Å². The number of hydrogen-bond donors (Lipinski definition) is 1. The number of aryl methyl sites for hydroxylation is 1. The zero-order valence-corrected chi connectivity index (χ0v) is 15.6. The van der Waals surface area contributed by atoms with Crippen LogP contribution in [0.3, 0.4) is 0 Å². The van der Waals surface area contributed by atoms with Crippen molar-refractivity contribution in [3.63, 3.8) is 0 Å². The van der Waals surface area contributed by atoms with Crippen molar-refractivity contribution in [1.29, 1.82) is 0 Å². The number of ether oxygens (including phenoxy) is 1. The number of carbonyl (C=O) groups is 1. The number of methoxy groups -OCH3 is 1. The zero-order chi connectivity index (χ0) is 17.6. The van der Waals surface area contributed by atoms with Gasteiger partial charge in [-0.15, -0.1) is 23.1 Å². The summed E-state index contributed by atoms with van der Waals surface area (Å²) in [5, 5.41) is 6.04. The molecule has 0 spiro atoms. The number of aromatic nitrogens is 1. The third-order valence-corrected chi connectivity index (χ3v) is 5.46. The first-order valence-electron chi connectivity index (χ1n) is 7.74. The molecule has 1 amide bonds. The lowest BCUT2D eigenvalue weighted by Crippen LogP contribution is -2.13. The topological polar surface area (TPSA) is 51.2 Å². The summed E-state index contributed by atoms with van der Waals surface area (Å²) in [4.78, 5) is 18.1. The molecule has 0 unspecified atom stereocenters. The van der Waals surface area contributed by atoms with E-state index in [2.05, 4.69) is 15.7 Å². The number of nitrogens with zero attached hydrogens (tertiary/aromatic N) is 1. The predicted molar refractivity (Wildman–Crippen MR) is 104 cm³/mol. The Bertz CT molecular complexity index is 877. The number of benzene rings is 2. The van der Waals surface area contributed by atoms with Crippen LogP contribution in [0.15, 0.2) is 58.8 Å². The van der Waals surface area contributed by atoms with Gasteiger partial charge in [0.05, 0.1) is 29.1 Å². The van der Waals surface area contributed by atoms with E-state index < -0.39 is 0 Å². The first-order chi connectivity index (χ1) is 12.2. The van der Waals surface area contributed by atoms with Crippen LogP contribution in [-0.2, 0) is 5.75 Å². The van der Waals surface area contributed by atoms with Crippen LogP contribution in [0.2, 0.25) is 0 Å². The van der Waals surface area contributed by atoms with E-state index in [0.717, 1.165) is 21.3 Å². The van der Waals surface area contributed by atoms with Crippen LogP contribution in [-0.4, -0.2) is 18.0 Å². The summed E-state index contributed by atoms with van der Waals surface area (Å²) in [5.74, 6) is 1.23. The average molecular weight is 370 g/mol. The highest BCUT2D eigenvalue weighted by molar-refractivity contribution is 7.98. The Hall–Kier alpha value is -2.31. The van der Waals surface area contributed by atoms with E-state index in [9.17, 15) is 4.79 Å². The maximum absolute atomic E-state index is 12.7. The van der Waals surface area contributed by atoms with E-state index in [4.69, 9.17) is 4.74 Å². The Morgan fingerprint density at radius 1 is 1.20 bits per heavy atom. The minimum Gasteiger partial charge on any atom is -0.495 e. The van der Waals surface area contributed by atoms with Crippen molar-refractivity contribution >= 4 is 34.7 Å². The summed E-state index contributed by atoms with van der Waals surface area (Å²) in [6.45, 7) is 1.99. The van der Waals surface area contributed by atoms with E-state index in [0.29, 0.717) is 17.0 Å². The Morgan fingerprint density at radius 2 is 1.96 bits per heavy atom. The van der Waals surface area contributed by atoms with Crippen LogP contribution >= 0.6 is 23.1 Å². The fourth-order valence-electron chi connectivity index (χ4n) is 2.34. The van der Waals surface area contributed by atoms with Crippen molar-refractivity contribution in [2.75, 3.05) is 12.4 Å². The summed E-state index contributed by atoms with van der Waals surface area (Å²) in [6, 6.07) is 15.0. The third-order valence-electron chi connectivity index (χ3n) is 3.53. The Kier molecular flexibility index (Phi) is 5.73. The number of amides is 1. The van der Waals surface area contributed by atoms with E-state index in [1.165, 1.54) is 0 Å². The van der Waals surface area contributed by atoms with Gasteiger partial charge < -0.3 is 10.1 Å². The predicted octanol–water partition coefficient (Wildman–Crippen LogP) is 5.00. The molecule has 0 radical (unpaired) electrons. The van der Waals surface area contributed by atoms with Crippen LogP contribution < -0.4 is 10.1 Å². The number of thiazole rings is 1. The molecule has 4 nitrogen and oxygen atoms in total. The molecular weight excluding hydrogens is 352 g/mol. The van der Waals surface area contributed by atoms with Gasteiger partial charge in [-0.3, -0.25) is 4.79 Å². The average Bonchev–Trinajstić information content (AvgIpc) is 3.06. The van der Waals surface area contributed by atoms with E-state index in [1.54, 1.807) is 30.2 Å². The van der Waals surface area contributed by atoms with Gasteiger partial charge in [0.25, 0.3) is 5.91 Å². The molecule has 1 N–H and O–H groups in total. The number of hydrogen-bond acceptors (Lipinski definition) is 5. The Morgan fingerprint density at radius 3 is 2.72 bits per heavy atom. The number of thioether (sulfide) groups is 1. The summed E-state index contributed by atoms with van der Waals surface area (Å²) in [5.41, 5.74) is 2.34. The molecule has 0 atom stereocenters. The molecule has 1 heterocycles. The summed E-state index contributed by atoms with van der Waals surface area (Å²) >= 11 is 3.25. The lowest BCUT2D eigenvalue weighted by molar-refractivity contribution is 0.102. The SMILES string of the molecule is COc1ccccc1NC(=O)c1ccccc1SCc1csc(C)n1. The van der Waals surface area contributed by atoms with Crippen molar-refractivity contribution in [2.24, 2.45) is 0 Å². The van der Waals surface area contributed by atoms with E-state index in [-0.39, 0.29) is 5.91 Å². The number of rotatable bonds is 6. The standard InChI is InChI=1S/C19H18N2O2S2/c1-13-20-14(11-24-13)12-25-18-10-6-3-7-15(18)19(22)21-16-8-4-5-9-17(16)23-2/h3-11H,12H2,1-2H3,(H,21,22). The maximum Gasteiger partial charge on any atom is 0.256 e. The van der Waals surface area contributed by atoms with Crippen LogP contribution in [0.4, 0.5) is 5.69 Å². The van der Waals surface area contributed by atoms with E-state index >= 15 is 0 Å². The van der Waals surface area contributed by atoms with Crippen LogP contribution in [0.25, 0.3) is 0 Å². The highest BCUT2D eigenvalue weighted by atomic mass is 32.2. The second kappa shape index (κ2) is 8.18. The fourth-order valence-corrected chi connectivity index (χ4v) is 4.00. The van der Waals surface area contributed by atoms with Crippen LogP contribution in [0.5, 0.6) is 5.75 Å². The quantitative estimate of drug-likeness (QED) is 0.620. The molecule has 0 fully saturated rings. The van der Waals surface area contributed by atoms with Gasteiger partial charge in [-0.25, -0.2) is 4.98 Å². The Labute approximate surface area is 155 Å². The minimum atomic E-state index is -0.151. The largest absolute Gasteiger partial charge is 0.495 e. The van der Waals surface area contributed by atoms with Crippen molar-refractivity contribution in [3.8, 4) is 5.75 Å². The zero-order valence-electron chi connectivity index (χ0n) is 14.0. The first-order valence-corrected chi connectivity index (χ1v) is 9.61. The van der Waals surface area contributed by atoms with Gasteiger partial charge in [-0.2, -0.15) is 0 Å². The summed E-state index contributed by atoms with van der Waals surface area (Å²) < 4.78 is 5.29. The van der Waals surface area contributed by atoms with Gasteiger partial charge in [0.15, 0.2) is 0 Å². The van der Waals surface area contributed by atoms with Crippen molar-refractivity contribution in [2.45, 2.75) is 17.6 Å². The normalized spacial score (nSPS) is 10.5. The highest BCUT2D eigenvalue weighted by Gasteiger charge is 2.14. The van der Waals surface area contributed by atoms with E-state index in [1.807, 2.05) is 55.5 Å². The molecule has 128 valence electrons. The molecule has 0 saturated carbocycles. The van der Waals surface area contributed by atoms with Crippen molar-refractivity contribution in [3.05, 3.63) is 70.2 Å². The minimum absolute atomic E-state index is 0.151. The second-order valence-electron chi connectivity index (χ2n) is 5.30. The Balaban J connectivity index is 1.76. The van der Waals surface area contributed by atoms with Crippen LogP contribution in [0.1, 0.15) is 21.1 Å². The fraction of sp³-hybridized carbons (Fsp3) is 0.158. The molecular formula is C19H18N2O2S2. The van der Waals surface area contributed by atoms with Gasteiger partial charge in [-0.1, -0.05) is 24.3 Å². The molecule has 25 heavy (non-hydrogen) atoms. The van der Waals surface area contributed by atoms with Gasteiger partial charge in [-0.05, 0) is 31.2 Å². The van der Waals surface area contributed by atoms with Crippen LogP contribution in [0, 0.1) is 6.92 Å². The molecule has 0 aliphatic rings. The number of anilines is 1.